The zero-order chi connectivity index (χ0) is 17.8. The van der Waals surface area contributed by atoms with Gasteiger partial charge >= 0.3 is 0 Å². The Hall–Kier alpha value is -2.93. The number of rotatable bonds is 5. The van der Waals surface area contributed by atoms with Gasteiger partial charge in [-0.3, -0.25) is 14.3 Å². The molecule has 0 saturated carbocycles. The minimum absolute atomic E-state index is 0.115. The van der Waals surface area contributed by atoms with Gasteiger partial charge < -0.3 is 10.2 Å². The van der Waals surface area contributed by atoms with Crippen LogP contribution in [0.15, 0.2) is 54.2 Å². The van der Waals surface area contributed by atoms with Gasteiger partial charge in [0.05, 0.1) is 11.1 Å². The maximum Gasteiger partial charge on any atom is 0.265 e. The second kappa shape index (κ2) is 7.31. The number of carbonyl (C=O) groups is 2. The number of amides is 2. The lowest BCUT2D eigenvalue weighted by Gasteiger charge is -2.16. The molecule has 128 valence electrons. The normalized spacial score (nSPS) is 10.5. The van der Waals surface area contributed by atoms with Crippen LogP contribution in [0, 0.1) is 0 Å². The van der Waals surface area contributed by atoms with Crippen LogP contribution in [0.1, 0.15) is 25.6 Å². The molecule has 25 heavy (non-hydrogen) atoms. The van der Waals surface area contributed by atoms with Crippen molar-refractivity contribution in [2.24, 2.45) is 7.05 Å². The molecule has 0 atom stereocenters. The van der Waals surface area contributed by atoms with E-state index in [2.05, 4.69) is 10.4 Å². The molecule has 2 aromatic heterocycles. The summed E-state index contributed by atoms with van der Waals surface area (Å²) in [5.74, 6) is -0.292. The minimum atomic E-state index is -0.177. The lowest BCUT2D eigenvalue weighted by atomic mass is 10.1. The van der Waals surface area contributed by atoms with Gasteiger partial charge in [0, 0.05) is 43.7 Å². The lowest BCUT2D eigenvalue weighted by molar-refractivity contribution is 0.0784. The monoisotopic (exact) mass is 354 g/mol. The molecule has 0 spiro atoms. The number of benzene rings is 1. The average Bonchev–Trinajstić information content (AvgIpc) is 3.26. The summed E-state index contributed by atoms with van der Waals surface area (Å²) >= 11 is 1.37. The Morgan fingerprint density at radius 2 is 2.12 bits per heavy atom. The Labute approximate surface area is 149 Å². The molecule has 6 nitrogen and oxygen atoms in total. The highest BCUT2D eigenvalue weighted by Crippen LogP contribution is 2.16. The third-order valence-electron chi connectivity index (χ3n) is 3.64. The van der Waals surface area contributed by atoms with Crippen molar-refractivity contribution in [3.05, 3.63) is 70.2 Å². The average molecular weight is 354 g/mol. The lowest BCUT2D eigenvalue weighted by Crippen LogP contribution is -2.26. The summed E-state index contributed by atoms with van der Waals surface area (Å²) in [5, 5.41) is 8.77. The van der Waals surface area contributed by atoms with Crippen LogP contribution in [0.25, 0.3) is 0 Å². The zero-order valence-corrected chi connectivity index (χ0v) is 14.8. The molecule has 0 fully saturated rings. The van der Waals surface area contributed by atoms with Crippen molar-refractivity contribution in [3.8, 4) is 0 Å². The second-order valence-corrected chi connectivity index (χ2v) is 6.64. The van der Waals surface area contributed by atoms with E-state index < -0.39 is 0 Å². The molecule has 3 aromatic rings. The van der Waals surface area contributed by atoms with Gasteiger partial charge in [0.25, 0.3) is 11.8 Å². The van der Waals surface area contributed by atoms with E-state index in [0.29, 0.717) is 22.7 Å². The smallest absolute Gasteiger partial charge is 0.265 e. The molecular formula is C18H18N4O2S. The Kier molecular flexibility index (Phi) is 4.95. The van der Waals surface area contributed by atoms with Crippen molar-refractivity contribution in [1.29, 1.82) is 0 Å². The van der Waals surface area contributed by atoms with Crippen molar-refractivity contribution >= 4 is 28.8 Å². The van der Waals surface area contributed by atoms with Crippen molar-refractivity contribution in [2.45, 2.75) is 6.54 Å². The fourth-order valence-corrected chi connectivity index (χ4v) is 3.07. The third-order valence-corrected chi connectivity index (χ3v) is 4.51. The van der Waals surface area contributed by atoms with Gasteiger partial charge in [0.1, 0.15) is 0 Å². The number of aromatic nitrogens is 2. The maximum absolute atomic E-state index is 12.6. The summed E-state index contributed by atoms with van der Waals surface area (Å²) in [6.07, 6.45) is 3.61. The highest BCUT2D eigenvalue weighted by molar-refractivity contribution is 7.12. The van der Waals surface area contributed by atoms with Gasteiger partial charge in [-0.2, -0.15) is 5.10 Å². The predicted molar refractivity (Wildman–Crippen MR) is 97.7 cm³/mol. The highest BCUT2D eigenvalue weighted by Gasteiger charge is 2.14. The summed E-state index contributed by atoms with van der Waals surface area (Å²) < 4.78 is 1.70. The van der Waals surface area contributed by atoms with Gasteiger partial charge in [-0.05, 0) is 29.6 Å². The van der Waals surface area contributed by atoms with Gasteiger partial charge in [-0.15, -0.1) is 11.3 Å². The topological polar surface area (TPSA) is 67.2 Å². The first-order valence-electron chi connectivity index (χ1n) is 7.71. The minimum Gasteiger partial charge on any atom is -0.337 e. The van der Waals surface area contributed by atoms with Gasteiger partial charge in [0.2, 0.25) is 0 Å². The quantitative estimate of drug-likeness (QED) is 0.766. The number of nitrogens with one attached hydrogen (secondary N) is 1. The summed E-state index contributed by atoms with van der Waals surface area (Å²) in [6, 6.07) is 10.5. The van der Waals surface area contributed by atoms with Crippen LogP contribution < -0.4 is 5.32 Å². The Balaban J connectivity index is 1.69. The number of thiophene rings is 1. The first-order chi connectivity index (χ1) is 12.0. The van der Waals surface area contributed by atoms with E-state index in [1.54, 1.807) is 53.2 Å². The van der Waals surface area contributed by atoms with Crippen LogP contribution in [-0.2, 0) is 13.6 Å². The van der Waals surface area contributed by atoms with Gasteiger partial charge in [-0.25, -0.2) is 0 Å². The molecule has 2 amide bonds. The molecule has 1 N–H and O–H groups in total. The van der Waals surface area contributed by atoms with E-state index in [1.165, 1.54) is 11.3 Å². The van der Waals surface area contributed by atoms with Gasteiger partial charge in [0.15, 0.2) is 0 Å². The first kappa shape index (κ1) is 16.9. The largest absolute Gasteiger partial charge is 0.337 e. The number of carbonyl (C=O) groups excluding carboxylic acids is 2. The maximum atomic E-state index is 12.6. The van der Waals surface area contributed by atoms with Crippen molar-refractivity contribution in [3.63, 3.8) is 0 Å². The molecule has 7 heteroatoms. The molecule has 0 aliphatic rings. The van der Waals surface area contributed by atoms with Crippen LogP contribution in [0.4, 0.5) is 5.69 Å². The van der Waals surface area contributed by atoms with Crippen LogP contribution in [0.3, 0.4) is 0 Å². The fourth-order valence-electron chi connectivity index (χ4n) is 2.45. The molecule has 0 bridgehead atoms. The fraction of sp³-hybridized carbons (Fsp3) is 0.167. The molecular weight excluding hydrogens is 336 g/mol. The third kappa shape index (κ3) is 4.13. The predicted octanol–water partition coefficient (Wildman–Crippen LogP) is 3.01. The molecule has 3 rings (SSSR count). The standard InChI is InChI=1S/C18H18N4O2S/c1-21(11-13-10-19-22(2)12-13)18(24)14-5-3-6-15(9-14)20-17(23)16-7-4-8-25-16/h3-10,12H,11H2,1-2H3,(H,20,23). The molecule has 0 aliphatic carbocycles. The molecule has 2 heterocycles. The van der Waals surface area contributed by atoms with Crippen molar-refractivity contribution in [1.82, 2.24) is 14.7 Å². The van der Waals surface area contributed by atoms with Crippen molar-refractivity contribution in [2.75, 3.05) is 12.4 Å². The van der Waals surface area contributed by atoms with Gasteiger partial charge in [-0.1, -0.05) is 12.1 Å². The molecule has 0 aliphatic heterocycles. The zero-order valence-electron chi connectivity index (χ0n) is 14.0. The molecule has 0 radical (unpaired) electrons. The molecule has 1 aromatic carbocycles. The van der Waals surface area contributed by atoms with Crippen LogP contribution in [0.5, 0.6) is 0 Å². The summed E-state index contributed by atoms with van der Waals surface area (Å²) in [6.45, 7) is 0.471. The highest BCUT2D eigenvalue weighted by atomic mass is 32.1. The van der Waals surface area contributed by atoms with Crippen LogP contribution in [0.2, 0.25) is 0 Å². The van der Waals surface area contributed by atoms with Crippen molar-refractivity contribution < 1.29 is 9.59 Å². The van der Waals surface area contributed by atoms with E-state index >= 15 is 0 Å². The first-order valence-corrected chi connectivity index (χ1v) is 8.59. The second-order valence-electron chi connectivity index (χ2n) is 5.70. The SMILES string of the molecule is CN(Cc1cnn(C)c1)C(=O)c1cccc(NC(=O)c2cccs2)c1. The van der Waals surface area contributed by atoms with E-state index in [4.69, 9.17) is 0 Å². The Morgan fingerprint density at radius 3 is 2.80 bits per heavy atom. The summed E-state index contributed by atoms with van der Waals surface area (Å²) in [5.41, 5.74) is 2.08. The van der Waals surface area contributed by atoms with E-state index in [1.807, 2.05) is 24.7 Å². The Morgan fingerprint density at radius 1 is 1.28 bits per heavy atom. The number of anilines is 1. The molecule has 0 saturated heterocycles. The van der Waals surface area contributed by atoms with E-state index in [9.17, 15) is 9.59 Å². The number of aryl methyl sites for hydroxylation is 1. The summed E-state index contributed by atoms with van der Waals surface area (Å²) in [4.78, 5) is 27.0. The van der Waals surface area contributed by atoms with E-state index in [0.717, 1.165) is 5.56 Å². The number of nitrogens with zero attached hydrogens (tertiary/aromatic N) is 3. The van der Waals surface area contributed by atoms with E-state index in [-0.39, 0.29) is 11.8 Å². The Bertz CT molecular complexity index is 886. The number of hydrogen-bond donors (Lipinski definition) is 1. The number of hydrogen-bond acceptors (Lipinski definition) is 4. The summed E-state index contributed by atoms with van der Waals surface area (Å²) in [7, 11) is 3.58. The molecule has 0 unspecified atom stereocenters. The van der Waals surface area contributed by atoms with Crippen LogP contribution in [-0.4, -0.2) is 33.5 Å². The van der Waals surface area contributed by atoms with Crippen LogP contribution >= 0.6 is 11.3 Å².